The molecule has 5 nitrogen and oxygen atoms in total. The van der Waals surface area contributed by atoms with Crippen LogP contribution in [0.5, 0.6) is 5.75 Å². The Kier molecular flexibility index (Phi) is 11.4. The van der Waals surface area contributed by atoms with E-state index in [1.807, 2.05) is 18.2 Å². The zero-order valence-corrected chi connectivity index (χ0v) is 19.7. The molecule has 2 aromatic rings. The number of nitrogens with zero attached hydrogens (tertiary/aromatic N) is 1. The van der Waals surface area contributed by atoms with E-state index in [9.17, 15) is 9.00 Å². The Balaban J connectivity index is 0.00000320. The van der Waals surface area contributed by atoms with Gasteiger partial charge in [0, 0.05) is 28.2 Å². The maximum Gasteiger partial charge on any atom is 0.232 e. The number of halogens is 1. The number of hydrogen-bond acceptors (Lipinski definition) is 5. The second-order valence-corrected chi connectivity index (χ2v) is 9.74. The van der Waals surface area contributed by atoms with Gasteiger partial charge in [0.25, 0.3) is 0 Å². The number of likely N-dealkylation sites (tertiary alicyclic amines) is 1. The first-order chi connectivity index (χ1) is 14.2. The van der Waals surface area contributed by atoms with Crippen LogP contribution in [0.4, 0.5) is 0 Å². The lowest BCUT2D eigenvalue weighted by atomic mass is 10.1. The highest BCUT2D eigenvalue weighted by Gasteiger charge is 2.12. The quantitative estimate of drug-likeness (QED) is 0.499. The minimum atomic E-state index is -1.29. The molecule has 0 saturated carbocycles. The minimum absolute atomic E-state index is 0. The van der Waals surface area contributed by atoms with Gasteiger partial charge in [-0.2, -0.15) is 0 Å². The van der Waals surface area contributed by atoms with Gasteiger partial charge in [0.1, 0.15) is 11.5 Å². The van der Waals surface area contributed by atoms with Gasteiger partial charge in [-0.3, -0.25) is 13.9 Å². The van der Waals surface area contributed by atoms with Crippen molar-refractivity contribution >= 4 is 40.5 Å². The Morgan fingerprint density at radius 2 is 1.90 bits per heavy atom. The monoisotopic (exact) mass is 470 g/mol. The normalized spacial score (nSPS) is 15.2. The van der Waals surface area contributed by atoms with E-state index in [0.29, 0.717) is 18.0 Å². The molecule has 1 fully saturated rings. The van der Waals surface area contributed by atoms with Crippen molar-refractivity contribution in [1.29, 1.82) is 0 Å². The van der Waals surface area contributed by atoms with E-state index in [0.717, 1.165) is 25.1 Å². The van der Waals surface area contributed by atoms with E-state index < -0.39 is 10.8 Å². The lowest BCUT2D eigenvalue weighted by Crippen LogP contribution is -2.29. The summed E-state index contributed by atoms with van der Waals surface area (Å²) in [5.74, 6) is 0.785. The first-order valence-electron chi connectivity index (χ1n) is 10.3. The molecule has 0 aliphatic carbocycles. The number of hydrogen-bond donors (Lipinski definition) is 1. The molecule has 0 bridgehead atoms. The SMILES string of the molecule is Cl.O=C(CS(=O)c1ccccc1)NCCCCOc1csc(CN2CCCCC2)c1. The molecule has 1 N–H and O–H groups in total. The van der Waals surface area contributed by atoms with Crippen LogP contribution in [0.2, 0.25) is 0 Å². The van der Waals surface area contributed by atoms with Gasteiger partial charge in [-0.15, -0.1) is 23.7 Å². The Morgan fingerprint density at radius 3 is 2.67 bits per heavy atom. The minimum Gasteiger partial charge on any atom is -0.493 e. The number of amides is 1. The summed E-state index contributed by atoms with van der Waals surface area (Å²) in [7, 11) is -1.29. The highest BCUT2D eigenvalue weighted by atomic mass is 35.5. The van der Waals surface area contributed by atoms with Gasteiger partial charge >= 0.3 is 0 Å². The van der Waals surface area contributed by atoms with Gasteiger partial charge in [-0.1, -0.05) is 24.6 Å². The van der Waals surface area contributed by atoms with E-state index >= 15 is 0 Å². The summed E-state index contributed by atoms with van der Waals surface area (Å²) in [5, 5.41) is 4.92. The highest BCUT2D eigenvalue weighted by molar-refractivity contribution is 7.85. The van der Waals surface area contributed by atoms with Crippen molar-refractivity contribution in [1.82, 2.24) is 10.2 Å². The fraction of sp³-hybridized carbons (Fsp3) is 0.500. The molecule has 1 saturated heterocycles. The number of nitrogens with one attached hydrogen (secondary N) is 1. The van der Waals surface area contributed by atoms with Crippen LogP contribution in [0.3, 0.4) is 0 Å². The summed E-state index contributed by atoms with van der Waals surface area (Å²) in [5.41, 5.74) is 0. The lowest BCUT2D eigenvalue weighted by Gasteiger charge is -2.25. The van der Waals surface area contributed by atoms with Crippen molar-refractivity contribution in [3.8, 4) is 5.75 Å². The topological polar surface area (TPSA) is 58.6 Å². The largest absolute Gasteiger partial charge is 0.493 e. The van der Waals surface area contributed by atoms with Crippen molar-refractivity contribution in [2.45, 2.75) is 43.5 Å². The summed E-state index contributed by atoms with van der Waals surface area (Å²) in [6.07, 6.45) is 5.70. The number of carbonyl (C=O) groups is 1. The molecule has 1 amide bonds. The molecule has 2 heterocycles. The average Bonchev–Trinajstić information content (AvgIpc) is 3.19. The van der Waals surface area contributed by atoms with Crippen molar-refractivity contribution in [2.24, 2.45) is 0 Å². The number of rotatable bonds is 11. The molecule has 1 aliphatic heterocycles. The highest BCUT2D eigenvalue weighted by Crippen LogP contribution is 2.24. The number of piperidine rings is 1. The van der Waals surface area contributed by atoms with Crippen molar-refractivity contribution in [2.75, 3.05) is 32.0 Å². The molecule has 1 aromatic heterocycles. The number of ether oxygens (including phenoxy) is 1. The second kappa shape index (κ2) is 13.8. The van der Waals surface area contributed by atoms with Gasteiger partial charge in [0.2, 0.25) is 5.91 Å². The summed E-state index contributed by atoms with van der Waals surface area (Å²) in [6, 6.07) is 11.2. The predicted octanol–water partition coefficient (Wildman–Crippen LogP) is 4.24. The van der Waals surface area contributed by atoms with Crippen LogP contribution in [-0.4, -0.2) is 47.0 Å². The molecule has 8 heteroatoms. The van der Waals surface area contributed by atoms with E-state index in [1.54, 1.807) is 23.5 Å². The van der Waals surface area contributed by atoms with E-state index in [2.05, 4.69) is 21.7 Å². The molecular weight excluding hydrogens is 440 g/mol. The third kappa shape index (κ3) is 8.76. The molecule has 166 valence electrons. The Hall–Kier alpha value is -1.41. The summed E-state index contributed by atoms with van der Waals surface area (Å²) in [4.78, 5) is 16.5. The maximum absolute atomic E-state index is 12.1. The molecular formula is C22H31ClN2O3S2. The Morgan fingerprint density at radius 1 is 1.13 bits per heavy atom. The average molecular weight is 471 g/mol. The van der Waals surface area contributed by atoms with Crippen LogP contribution in [0.15, 0.2) is 46.7 Å². The third-order valence-corrected chi connectivity index (χ3v) is 7.11. The van der Waals surface area contributed by atoms with Crippen LogP contribution < -0.4 is 10.1 Å². The van der Waals surface area contributed by atoms with Crippen molar-refractivity contribution in [3.63, 3.8) is 0 Å². The zero-order chi connectivity index (χ0) is 20.3. The number of benzene rings is 1. The van der Waals surface area contributed by atoms with E-state index in [1.165, 1.54) is 37.2 Å². The number of carbonyl (C=O) groups excluding carboxylic acids is 1. The fourth-order valence-electron chi connectivity index (χ4n) is 3.33. The first kappa shape index (κ1) is 24.9. The second-order valence-electron chi connectivity index (χ2n) is 7.29. The van der Waals surface area contributed by atoms with Gasteiger partial charge in [-0.25, -0.2) is 0 Å². The van der Waals surface area contributed by atoms with Crippen LogP contribution in [-0.2, 0) is 22.1 Å². The maximum atomic E-state index is 12.1. The first-order valence-corrected chi connectivity index (χ1v) is 12.5. The van der Waals surface area contributed by atoms with E-state index in [4.69, 9.17) is 4.74 Å². The molecule has 3 rings (SSSR count). The summed E-state index contributed by atoms with van der Waals surface area (Å²) >= 11 is 1.77. The van der Waals surface area contributed by atoms with Crippen molar-refractivity contribution < 1.29 is 13.7 Å². The lowest BCUT2D eigenvalue weighted by molar-refractivity contribution is -0.118. The molecule has 0 radical (unpaired) electrons. The molecule has 1 aliphatic rings. The molecule has 0 spiro atoms. The number of unbranched alkanes of at least 4 members (excludes halogenated alkanes) is 1. The number of thiophene rings is 1. The Bertz CT molecular complexity index is 780. The standard InChI is InChI=1S/C22H30N2O3S2.ClH/c25-22(18-29(26)21-9-3-1-4-10-21)23-11-5-8-14-27-19-15-20(28-17-19)16-24-12-6-2-7-13-24;/h1,3-4,9-10,15,17H,2,5-8,11-14,16,18H2,(H,23,25);1H. The van der Waals surface area contributed by atoms with Crippen LogP contribution >= 0.6 is 23.7 Å². The van der Waals surface area contributed by atoms with Gasteiger partial charge in [-0.05, 0) is 57.0 Å². The smallest absolute Gasteiger partial charge is 0.232 e. The van der Waals surface area contributed by atoms with Crippen LogP contribution in [0.1, 0.15) is 37.0 Å². The summed E-state index contributed by atoms with van der Waals surface area (Å²) in [6.45, 7) is 4.67. The predicted molar refractivity (Wildman–Crippen MR) is 126 cm³/mol. The molecule has 30 heavy (non-hydrogen) atoms. The van der Waals surface area contributed by atoms with Crippen molar-refractivity contribution in [3.05, 3.63) is 46.7 Å². The molecule has 1 unspecified atom stereocenters. The van der Waals surface area contributed by atoms with Crippen LogP contribution in [0.25, 0.3) is 0 Å². The van der Waals surface area contributed by atoms with Gasteiger partial charge < -0.3 is 10.1 Å². The molecule has 1 atom stereocenters. The van der Waals surface area contributed by atoms with Gasteiger partial charge in [0.15, 0.2) is 0 Å². The molecule has 1 aromatic carbocycles. The zero-order valence-electron chi connectivity index (χ0n) is 17.2. The summed E-state index contributed by atoms with van der Waals surface area (Å²) < 4.78 is 17.9. The van der Waals surface area contributed by atoms with E-state index in [-0.39, 0.29) is 24.1 Å². The fourth-order valence-corrected chi connectivity index (χ4v) is 5.14. The van der Waals surface area contributed by atoms with Gasteiger partial charge in [0.05, 0.1) is 17.4 Å². The van der Waals surface area contributed by atoms with Crippen LogP contribution in [0, 0.1) is 0 Å². The Labute approximate surface area is 192 Å². The third-order valence-electron chi connectivity index (χ3n) is 4.89.